The second-order valence-electron chi connectivity index (χ2n) is 26.0. The Kier molecular flexibility index (Phi) is 32.7. The highest BCUT2D eigenvalue weighted by Crippen LogP contribution is 2.28. The number of nitrogens with one attached hydrogen (secondary N) is 7. The van der Waals surface area contributed by atoms with Crippen molar-refractivity contribution < 1.29 is 73.6 Å². The number of amides is 4. The quantitative estimate of drug-likeness (QED) is 0.0196. The maximum atomic E-state index is 14.5. The van der Waals surface area contributed by atoms with Crippen molar-refractivity contribution in [3.63, 3.8) is 0 Å². The molecule has 28 heteroatoms. The van der Waals surface area contributed by atoms with Gasteiger partial charge in [0.25, 0.3) is 0 Å². The first kappa shape index (κ1) is 81.6. The molecule has 0 bridgehead atoms. The lowest BCUT2D eigenvalue weighted by molar-refractivity contribution is -0.125. The molecule has 4 amide bonds. The average molecular weight is 1430 g/mol. The van der Waals surface area contributed by atoms with E-state index < -0.39 is 103 Å². The lowest BCUT2D eigenvalue weighted by Crippen LogP contribution is -2.62. The van der Waals surface area contributed by atoms with E-state index in [1.54, 1.807) is 51.1 Å². The van der Waals surface area contributed by atoms with Crippen molar-refractivity contribution >= 4 is 53.9 Å². The summed E-state index contributed by atoms with van der Waals surface area (Å²) >= 11 is 0. The van der Waals surface area contributed by atoms with E-state index in [0.29, 0.717) is 6.42 Å². The molecule has 0 aliphatic carbocycles. The van der Waals surface area contributed by atoms with Crippen molar-refractivity contribution in [2.75, 3.05) is 26.2 Å². The number of hydrogen-bond acceptors (Lipinski definition) is 18. The van der Waals surface area contributed by atoms with Crippen LogP contribution < -0.4 is 61.1 Å². The summed E-state index contributed by atoms with van der Waals surface area (Å²) in [5.74, 6) is -1.29. The Morgan fingerprint density at radius 1 is 0.465 bits per heavy atom. The maximum absolute atomic E-state index is 14.5. The molecule has 6 aromatic rings. The van der Waals surface area contributed by atoms with E-state index in [-0.39, 0.29) is 114 Å². The standard InChI is InChI=1S/C49H68N6O11S2.C22H31N3O5S/c1-33(2)28-37(50)46(57)54-45(40(56)30-52-67(60,61)43-24-16-14-22-41(43)64-31-35-18-10-8-11-19-35)38(26-27-51-47(58)39(29-34(3)4)53-48(59)66-49(5,6)7)55-68(62,63)44-25-17-15-23-42(44)65-32-36-20-12-9-13-21-36;1-16(2)12-19(23)22(27)24-13-18(26)14-25-31(28,29)21-11-7-6-10-20(21)30-15-17-8-4-3-5-9-17/h8-25,33-34,37-40,45,52,55-56H,26-32,50H2,1-7H3,(H,51,58)(H,53,59)(H,54,57);3-11,16,18-19,25-26H,12-15,23H2,1-2H3,(H,24,27)/t37-,38?,39-,40?,45?;18?,19-/m00/s1. The minimum Gasteiger partial charge on any atom is -0.487 e. The predicted molar refractivity (Wildman–Crippen MR) is 378 cm³/mol. The van der Waals surface area contributed by atoms with Gasteiger partial charge >= 0.3 is 6.09 Å². The molecule has 0 heterocycles. The van der Waals surface area contributed by atoms with E-state index in [0.717, 1.165) is 16.7 Å². The molecule has 13 N–H and O–H groups in total. The Balaban J connectivity index is 0.000000474. The molecule has 542 valence electrons. The third-order valence-corrected chi connectivity index (χ3v) is 19.1. The first-order chi connectivity index (χ1) is 46.7. The Morgan fingerprint density at radius 2 is 0.848 bits per heavy atom. The molecule has 4 unspecified atom stereocenters. The monoisotopic (exact) mass is 1430 g/mol. The minimum absolute atomic E-state index is 0.00153. The number of hydrogen-bond donors (Lipinski definition) is 11. The summed E-state index contributed by atoms with van der Waals surface area (Å²) in [7, 11) is -13.0. The summed E-state index contributed by atoms with van der Waals surface area (Å²) in [4.78, 5) is 51.7. The lowest BCUT2D eigenvalue weighted by Gasteiger charge is -2.33. The smallest absolute Gasteiger partial charge is 0.408 e. The van der Waals surface area contributed by atoms with Crippen molar-refractivity contribution in [1.29, 1.82) is 0 Å². The number of para-hydroxylation sites is 3. The first-order valence-electron chi connectivity index (χ1n) is 32.7. The topological polar surface area (TPSA) is 384 Å². The molecule has 0 saturated carbocycles. The predicted octanol–water partition coefficient (Wildman–Crippen LogP) is 6.53. The first-order valence-corrected chi connectivity index (χ1v) is 37.2. The van der Waals surface area contributed by atoms with Crippen molar-refractivity contribution in [1.82, 2.24) is 35.4 Å². The highest BCUT2D eigenvalue weighted by molar-refractivity contribution is 7.90. The van der Waals surface area contributed by atoms with Crippen LogP contribution in [0.15, 0.2) is 178 Å². The zero-order valence-corrected chi connectivity index (χ0v) is 60.1. The zero-order valence-electron chi connectivity index (χ0n) is 57.6. The summed E-state index contributed by atoms with van der Waals surface area (Å²) in [6.45, 7) is 15.4. The van der Waals surface area contributed by atoms with Crippen LogP contribution in [0.4, 0.5) is 4.79 Å². The van der Waals surface area contributed by atoms with Gasteiger partial charge in [0, 0.05) is 32.2 Å². The summed E-state index contributed by atoms with van der Waals surface area (Å²) in [6, 6.07) is 39.9. The van der Waals surface area contributed by atoms with E-state index in [1.807, 2.05) is 133 Å². The third kappa shape index (κ3) is 29.0. The number of aliphatic hydroxyl groups excluding tert-OH is 2. The van der Waals surface area contributed by atoms with E-state index in [9.17, 15) is 54.6 Å². The molecule has 0 aliphatic rings. The molecule has 25 nitrogen and oxygen atoms in total. The van der Waals surface area contributed by atoms with Gasteiger partial charge in [0.05, 0.1) is 30.3 Å². The molecule has 6 rings (SSSR count). The molecule has 0 fully saturated rings. The number of carbonyl (C=O) groups is 4. The Labute approximate surface area is 583 Å². The van der Waals surface area contributed by atoms with Gasteiger partial charge < -0.3 is 61.9 Å². The van der Waals surface area contributed by atoms with E-state index >= 15 is 0 Å². The summed E-state index contributed by atoms with van der Waals surface area (Å²) in [6.07, 6.45) is -3.03. The van der Waals surface area contributed by atoms with Crippen LogP contribution in [-0.2, 0) is 69.0 Å². The number of rotatable bonds is 38. The number of benzene rings is 6. The van der Waals surface area contributed by atoms with Crippen LogP contribution in [0.3, 0.4) is 0 Å². The van der Waals surface area contributed by atoms with Crippen molar-refractivity contribution in [3.05, 3.63) is 180 Å². The zero-order chi connectivity index (χ0) is 72.9. The summed E-state index contributed by atoms with van der Waals surface area (Å²) in [5.41, 5.74) is 13.7. The fourth-order valence-electron chi connectivity index (χ4n) is 9.85. The summed E-state index contributed by atoms with van der Waals surface area (Å²) < 4.78 is 113. The van der Waals surface area contributed by atoms with Crippen molar-refractivity contribution in [2.45, 2.75) is 171 Å². The normalized spacial score (nSPS) is 14.1. The largest absolute Gasteiger partial charge is 0.487 e. The Hall–Kier alpha value is -8.03. The van der Waals surface area contributed by atoms with Gasteiger partial charge in [-0.2, -0.15) is 0 Å². The molecule has 0 spiro atoms. The molecule has 6 aromatic carbocycles. The van der Waals surface area contributed by atoms with Gasteiger partial charge in [0.2, 0.25) is 47.8 Å². The van der Waals surface area contributed by atoms with Gasteiger partial charge in [-0.3, -0.25) is 14.4 Å². The second kappa shape index (κ2) is 39.7. The lowest BCUT2D eigenvalue weighted by atomic mass is 9.97. The maximum Gasteiger partial charge on any atom is 0.408 e. The van der Waals surface area contributed by atoms with Crippen LogP contribution in [0.5, 0.6) is 17.2 Å². The van der Waals surface area contributed by atoms with Crippen LogP contribution >= 0.6 is 0 Å². The van der Waals surface area contributed by atoms with Gasteiger partial charge in [0.1, 0.15) is 63.4 Å². The van der Waals surface area contributed by atoms with Crippen LogP contribution in [0.25, 0.3) is 0 Å². The second-order valence-corrected chi connectivity index (χ2v) is 31.1. The molecular weight excluding hydrogens is 1330 g/mol. The third-order valence-electron chi connectivity index (χ3n) is 14.7. The van der Waals surface area contributed by atoms with Gasteiger partial charge in [0.15, 0.2) is 0 Å². The molecule has 0 aromatic heterocycles. The SMILES string of the molecule is CC(C)C[C@H](N)C(=O)NCC(O)CNS(=O)(=O)c1ccccc1OCc1ccccc1.CC(C)C[C@H](NC(=O)OC(C)(C)C)C(=O)NCCC(NS(=O)(=O)c1ccccc1OCc1ccccc1)C(NC(=O)[C@@H](N)CC(C)C)C(O)CNS(=O)(=O)c1ccccc1OCc1ccccc1. The van der Waals surface area contributed by atoms with E-state index in [2.05, 4.69) is 35.4 Å². The fourth-order valence-corrected chi connectivity index (χ4v) is 13.7. The van der Waals surface area contributed by atoms with Crippen LogP contribution in [0.1, 0.15) is 105 Å². The van der Waals surface area contributed by atoms with Crippen LogP contribution in [0, 0.1) is 17.8 Å². The molecule has 99 heavy (non-hydrogen) atoms. The molecule has 0 saturated heterocycles. The van der Waals surface area contributed by atoms with Crippen LogP contribution in [-0.4, -0.2) is 133 Å². The number of aliphatic hydroxyl groups is 2. The number of sulfonamides is 3. The number of ether oxygens (including phenoxy) is 4. The van der Waals surface area contributed by atoms with E-state index in [1.165, 1.54) is 42.5 Å². The number of carbonyl (C=O) groups excluding carboxylic acids is 4. The summed E-state index contributed by atoms with van der Waals surface area (Å²) in [5, 5.41) is 32.7. The molecule has 7 atom stereocenters. The molecule has 0 aliphatic heterocycles. The Bertz CT molecular complexity index is 3830. The minimum atomic E-state index is -4.60. The highest BCUT2D eigenvalue weighted by atomic mass is 32.2. The number of alkyl carbamates (subject to hydrolysis) is 1. The van der Waals surface area contributed by atoms with Gasteiger partial charge in [-0.1, -0.05) is 169 Å². The van der Waals surface area contributed by atoms with Gasteiger partial charge in [-0.05, 0) is 117 Å². The van der Waals surface area contributed by atoms with Gasteiger partial charge in [-0.15, -0.1) is 0 Å². The molecular formula is C71H99N9O16S3. The fraction of sp³-hybridized carbons (Fsp3) is 0.437. The highest BCUT2D eigenvalue weighted by Gasteiger charge is 2.37. The van der Waals surface area contributed by atoms with Crippen molar-refractivity contribution in [2.24, 2.45) is 29.2 Å². The van der Waals surface area contributed by atoms with Gasteiger partial charge in [-0.25, -0.2) is 44.2 Å². The number of nitrogens with two attached hydrogens (primary N) is 2. The van der Waals surface area contributed by atoms with Crippen LogP contribution in [0.2, 0.25) is 0 Å². The average Bonchev–Trinajstić information content (AvgIpc) is 0.812. The molecule has 0 radical (unpaired) electrons. The van der Waals surface area contributed by atoms with Crippen molar-refractivity contribution in [3.8, 4) is 17.2 Å². The van der Waals surface area contributed by atoms with E-state index in [4.69, 9.17) is 30.4 Å². The Morgan fingerprint density at radius 3 is 1.26 bits per heavy atom.